The lowest BCUT2D eigenvalue weighted by molar-refractivity contribution is 0.597. The molecule has 0 fully saturated rings. The second-order valence-corrected chi connectivity index (χ2v) is 6.05. The van der Waals surface area contributed by atoms with Gasteiger partial charge in [-0.1, -0.05) is 12.1 Å². The quantitative estimate of drug-likeness (QED) is 0.910. The lowest BCUT2D eigenvalue weighted by Gasteiger charge is -2.16. The average molecular weight is 294 g/mol. The van der Waals surface area contributed by atoms with Crippen LogP contribution >= 0.6 is 0 Å². The summed E-state index contributed by atoms with van der Waals surface area (Å²) in [5.41, 5.74) is 1.53. The second kappa shape index (κ2) is 5.60. The van der Waals surface area contributed by atoms with Crippen molar-refractivity contribution >= 4 is 15.7 Å². The van der Waals surface area contributed by atoms with Crippen LogP contribution in [0.15, 0.2) is 53.4 Å². The summed E-state index contributed by atoms with van der Waals surface area (Å²) >= 11 is 0. The van der Waals surface area contributed by atoms with E-state index >= 15 is 0 Å². The number of sulfonamides is 1. The zero-order valence-electron chi connectivity index (χ0n) is 10.9. The van der Waals surface area contributed by atoms with Crippen LogP contribution in [0.5, 0.6) is 0 Å². The van der Waals surface area contributed by atoms with Crippen molar-refractivity contribution in [1.29, 1.82) is 0 Å². The van der Waals surface area contributed by atoms with Crippen LogP contribution in [0.25, 0.3) is 0 Å². The van der Waals surface area contributed by atoms with Crippen LogP contribution in [0.3, 0.4) is 0 Å². The first-order valence-electron chi connectivity index (χ1n) is 6.01. The Bertz CT molecular complexity index is 699. The summed E-state index contributed by atoms with van der Waals surface area (Å²) in [4.78, 5) is 0.0720. The molecule has 4 nitrogen and oxygen atoms in total. The third kappa shape index (κ3) is 3.55. The van der Waals surface area contributed by atoms with E-state index in [0.29, 0.717) is 0 Å². The first-order chi connectivity index (χ1) is 9.36. The van der Waals surface area contributed by atoms with Crippen molar-refractivity contribution in [1.82, 2.24) is 0 Å². The molecule has 0 saturated carbocycles. The van der Waals surface area contributed by atoms with E-state index in [4.69, 9.17) is 5.14 Å². The summed E-state index contributed by atoms with van der Waals surface area (Å²) in [5.74, 6) is -0.306. The smallest absolute Gasteiger partial charge is 0.238 e. The molecule has 0 radical (unpaired) electrons. The van der Waals surface area contributed by atoms with Crippen molar-refractivity contribution < 1.29 is 12.8 Å². The molecule has 106 valence electrons. The summed E-state index contributed by atoms with van der Waals surface area (Å²) in [5, 5.41) is 8.27. The normalized spacial score (nSPS) is 12.9. The highest BCUT2D eigenvalue weighted by atomic mass is 32.2. The molecule has 0 spiro atoms. The molecule has 3 N–H and O–H groups in total. The van der Waals surface area contributed by atoms with Gasteiger partial charge in [-0.15, -0.1) is 0 Å². The van der Waals surface area contributed by atoms with Crippen molar-refractivity contribution in [2.45, 2.75) is 17.9 Å². The largest absolute Gasteiger partial charge is 0.379 e. The zero-order valence-corrected chi connectivity index (χ0v) is 11.7. The van der Waals surface area contributed by atoms with Crippen LogP contribution in [0.1, 0.15) is 18.5 Å². The number of anilines is 1. The third-order valence-corrected chi connectivity index (χ3v) is 3.83. The molecule has 2 aromatic carbocycles. The fraction of sp³-hybridized carbons (Fsp3) is 0.143. The Morgan fingerprint density at radius 3 is 2.40 bits per heavy atom. The SMILES string of the molecule is CC(Nc1ccc(F)cc1)c1cccc(S(N)(=O)=O)c1. The minimum absolute atomic E-state index is 0.0720. The number of hydrogen-bond acceptors (Lipinski definition) is 3. The molecule has 0 aliphatic rings. The van der Waals surface area contributed by atoms with Crippen LogP contribution < -0.4 is 10.5 Å². The van der Waals surface area contributed by atoms with Crippen molar-refractivity contribution in [3.63, 3.8) is 0 Å². The molecule has 2 rings (SSSR count). The lowest BCUT2D eigenvalue weighted by atomic mass is 10.1. The van der Waals surface area contributed by atoms with E-state index in [1.54, 1.807) is 24.3 Å². The van der Waals surface area contributed by atoms with E-state index in [1.165, 1.54) is 24.3 Å². The van der Waals surface area contributed by atoms with Gasteiger partial charge in [0.1, 0.15) is 5.82 Å². The summed E-state index contributed by atoms with van der Waals surface area (Å²) in [7, 11) is -3.71. The first kappa shape index (κ1) is 14.5. The fourth-order valence-corrected chi connectivity index (χ4v) is 2.41. The molecule has 1 atom stereocenters. The summed E-state index contributed by atoms with van der Waals surface area (Å²) < 4.78 is 35.5. The minimum atomic E-state index is -3.71. The third-order valence-electron chi connectivity index (χ3n) is 2.91. The number of nitrogens with two attached hydrogens (primary N) is 1. The Hall–Kier alpha value is -1.92. The van der Waals surface area contributed by atoms with Gasteiger partial charge in [0.05, 0.1) is 4.90 Å². The van der Waals surface area contributed by atoms with Crippen molar-refractivity contribution in [2.75, 3.05) is 5.32 Å². The molecular formula is C14H15FN2O2S. The average Bonchev–Trinajstić information content (AvgIpc) is 2.40. The Balaban J connectivity index is 2.21. The monoisotopic (exact) mass is 294 g/mol. The molecule has 0 amide bonds. The van der Waals surface area contributed by atoms with E-state index in [-0.39, 0.29) is 16.8 Å². The molecule has 0 heterocycles. The lowest BCUT2D eigenvalue weighted by Crippen LogP contribution is -2.13. The van der Waals surface area contributed by atoms with E-state index in [2.05, 4.69) is 5.32 Å². The highest BCUT2D eigenvalue weighted by Crippen LogP contribution is 2.21. The molecule has 6 heteroatoms. The maximum absolute atomic E-state index is 12.8. The minimum Gasteiger partial charge on any atom is -0.379 e. The van der Waals surface area contributed by atoms with Gasteiger partial charge in [-0.3, -0.25) is 0 Å². The fourth-order valence-electron chi connectivity index (χ4n) is 1.84. The predicted molar refractivity (Wildman–Crippen MR) is 76.3 cm³/mol. The first-order valence-corrected chi connectivity index (χ1v) is 7.56. The topological polar surface area (TPSA) is 72.2 Å². The zero-order chi connectivity index (χ0) is 14.8. The predicted octanol–water partition coefficient (Wildman–Crippen LogP) is 2.65. The molecule has 2 aromatic rings. The second-order valence-electron chi connectivity index (χ2n) is 4.49. The molecule has 0 saturated heterocycles. The summed E-state index contributed by atoms with van der Waals surface area (Å²) in [6, 6.07) is 12.2. The number of benzene rings is 2. The van der Waals surface area contributed by atoms with Gasteiger partial charge in [0.25, 0.3) is 0 Å². The van der Waals surface area contributed by atoms with Crippen molar-refractivity contribution in [3.8, 4) is 0 Å². The Kier molecular flexibility index (Phi) is 4.06. The molecular weight excluding hydrogens is 279 g/mol. The van der Waals surface area contributed by atoms with Crippen LogP contribution in [0.4, 0.5) is 10.1 Å². The number of hydrogen-bond donors (Lipinski definition) is 2. The summed E-state index contributed by atoms with van der Waals surface area (Å²) in [6.45, 7) is 1.88. The highest BCUT2D eigenvalue weighted by molar-refractivity contribution is 7.89. The Morgan fingerprint density at radius 1 is 1.15 bits per heavy atom. The van der Waals surface area contributed by atoms with Crippen LogP contribution in [-0.4, -0.2) is 8.42 Å². The van der Waals surface area contributed by atoms with Gasteiger partial charge < -0.3 is 5.32 Å². The van der Waals surface area contributed by atoms with Crippen LogP contribution in [0, 0.1) is 5.82 Å². The molecule has 0 bridgehead atoms. The van der Waals surface area contributed by atoms with Gasteiger partial charge in [0, 0.05) is 11.7 Å². The van der Waals surface area contributed by atoms with E-state index in [0.717, 1.165) is 11.3 Å². The van der Waals surface area contributed by atoms with Gasteiger partial charge in [-0.25, -0.2) is 17.9 Å². The van der Waals surface area contributed by atoms with Crippen LogP contribution in [-0.2, 0) is 10.0 Å². The van der Waals surface area contributed by atoms with E-state index in [1.807, 2.05) is 6.92 Å². The molecule has 0 aromatic heterocycles. The molecule has 0 aliphatic carbocycles. The number of primary sulfonamides is 1. The molecule has 0 aliphatic heterocycles. The highest BCUT2D eigenvalue weighted by Gasteiger charge is 2.11. The van der Waals surface area contributed by atoms with Crippen molar-refractivity contribution in [3.05, 3.63) is 59.9 Å². The van der Waals surface area contributed by atoms with Gasteiger partial charge in [-0.05, 0) is 48.9 Å². The molecule has 1 unspecified atom stereocenters. The Morgan fingerprint density at radius 2 is 1.80 bits per heavy atom. The van der Waals surface area contributed by atoms with E-state index in [9.17, 15) is 12.8 Å². The van der Waals surface area contributed by atoms with Gasteiger partial charge in [-0.2, -0.15) is 0 Å². The number of rotatable bonds is 4. The van der Waals surface area contributed by atoms with Gasteiger partial charge in [0.2, 0.25) is 10.0 Å². The van der Waals surface area contributed by atoms with E-state index < -0.39 is 10.0 Å². The maximum atomic E-state index is 12.8. The van der Waals surface area contributed by atoms with Gasteiger partial charge >= 0.3 is 0 Å². The number of halogens is 1. The van der Waals surface area contributed by atoms with Crippen LogP contribution in [0.2, 0.25) is 0 Å². The summed E-state index contributed by atoms with van der Waals surface area (Å²) in [6.07, 6.45) is 0. The number of nitrogens with one attached hydrogen (secondary N) is 1. The molecule has 20 heavy (non-hydrogen) atoms. The van der Waals surface area contributed by atoms with Gasteiger partial charge in [0.15, 0.2) is 0 Å². The standard InChI is InChI=1S/C14H15FN2O2S/c1-10(17-13-7-5-12(15)6-8-13)11-3-2-4-14(9-11)20(16,18)19/h2-10,17H,1H3,(H2,16,18,19). The van der Waals surface area contributed by atoms with Crippen molar-refractivity contribution in [2.24, 2.45) is 5.14 Å². The Labute approximate surface area is 117 Å². The maximum Gasteiger partial charge on any atom is 0.238 e.